The van der Waals surface area contributed by atoms with Crippen molar-refractivity contribution in [2.75, 3.05) is 19.8 Å². The average molecular weight is 184 g/mol. The van der Waals surface area contributed by atoms with E-state index in [1.807, 2.05) is 6.92 Å². The molecule has 0 aromatic heterocycles. The number of carbonyl (C=O) groups is 1. The Balaban J connectivity index is 2.04. The van der Waals surface area contributed by atoms with Crippen molar-refractivity contribution in [2.24, 2.45) is 5.41 Å². The van der Waals surface area contributed by atoms with Crippen molar-refractivity contribution in [3.63, 3.8) is 0 Å². The van der Waals surface area contributed by atoms with E-state index in [4.69, 9.17) is 9.47 Å². The Bertz CT molecular complexity index is 206. The number of ketones is 1. The SMILES string of the molecule is CCO[C@@H]1CC(=O)C12CCOCC2. The zero-order valence-corrected chi connectivity index (χ0v) is 8.04. The van der Waals surface area contributed by atoms with Crippen molar-refractivity contribution in [1.29, 1.82) is 0 Å². The number of ether oxygens (including phenoxy) is 2. The lowest BCUT2D eigenvalue weighted by Gasteiger charge is -2.49. The maximum absolute atomic E-state index is 11.6. The van der Waals surface area contributed by atoms with E-state index >= 15 is 0 Å². The summed E-state index contributed by atoms with van der Waals surface area (Å²) in [6.07, 6.45) is 2.51. The molecule has 2 fully saturated rings. The first-order valence-electron chi connectivity index (χ1n) is 5.02. The predicted molar refractivity (Wildman–Crippen MR) is 47.5 cm³/mol. The molecule has 1 spiro atoms. The predicted octanol–water partition coefficient (Wildman–Crippen LogP) is 1.16. The molecule has 1 heterocycles. The molecule has 74 valence electrons. The second-order valence-electron chi connectivity index (χ2n) is 3.84. The molecule has 0 aromatic carbocycles. The summed E-state index contributed by atoms with van der Waals surface area (Å²) < 4.78 is 10.8. The lowest BCUT2D eigenvalue weighted by atomic mass is 9.60. The fraction of sp³-hybridized carbons (Fsp3) is 0.900. The van der Waals surface area contributed by atoms with Gasteiger partial charge in [0.2, 0.25) is 0 Å². The number of hydrogen-bond acceptors (Lipinski definition) is 3. The van der Waals surface area contributed by atoms with Crippen LogP contribution in [0.25, 0.3) is 0 Å². The molecule has 1 aliphatic carbocycles. The van der Waals surface area contributed by atoms with E-state index in [1.165, 1.54) is 0 Å². The number of carbonyl (C=O) groups excluding carboxylic acids is 1. The summed E-state index contributed by atoms with van der Waals surface area (Å²) in [6.45, 7) is 4.13. The Labute approximate surface area is 78.4 Å². The summed E-state index contributed by atoms with van der Waals surface area (Å²) in [5.74, 6) is 0.384. The van der Waals surface area contributed by atoms with Crippen LogP contribution in [0.15, 0.2) is 0 Å². The Kier molecular flexibility index (Phi) is 2.39. The Hall–Kier alpha value is -0.410. The van der Waals surface area contributed by atoms with Gasteiger partial charge in [0.15, 0.2) is 0 Å². The summed E-state index contributed by atoms with van der Waals surface area (Å²) in [7, 11) is 0. The maximum atomic E-state index is 11.6. The van der Waals surface area contributed by atoms with Gasteiger partial charge in [0.1, 0.15) is 5.78 Å². The standard InChI is InChI=1S/C10H16O3/c1-2-13-9-7-8(11)10(9)3-5-12-6-4-10/h9H,2-7H2,1H3/t9-/m1/s1. The minimum atomic E-state index is -0.158. The largest absolute Gasteiger partial charge is 0.381 e. The van der Waals surface area contributed by atoms with Crippen molar-refractivity contribution >= 4 is 5.78 Å². The van der Waals surface area contributed by atoms with E-state index in [2.05, 4.69) is 0 Å². The van der Waals surface area contributed by atoms with Crippen LogP contribution in [0.5, 0.6) is 0 Å². The summed E-state index contributed by atoms with van der Waals surface area (Å²) in [4.78, 5) is 11.6. The molecule has 3 heteroatoms. The third kappa shape index (κ3) is 1.30. The van der Waals surface area contributed by atoms with Crippen molar-refractivity contribution in [3.8, 4) is 0 Å². The minimum Gasteiger partial charge on any atom is -0.381 e. The molecule has 0 amide bonds. The van der Waals surface area contributed by atoms with Crippen LogP contribution in [0.4, 0.5) is 0 Å². The lowest BCUT2D eigenvalue weighted by Crippen LogP contribution is -2.57. The van der Waals surface area contributed by atoms with Crippen LogP contribution < -0.4 is 0 Å². The number of rotatable bonds is 2. The Morgan fingerprint density at radius 1 is 1.54 bits per heavy atom. The highest BCUT2D eigenvalue weighted by atomic mass is 16.5. The molecule has 2 rings (SSSR count). The maximum Gasteiger partial charge on any atom is 0.144 e. The molecular weight excluding hydrogens is 168 g/mol. The van der Waals surface area contributed by atoms with Crippen LogP contribution >= 0.6 is 0 Å². The fourth-order valence-electron chi connectivity index (χ4n) is 2.37. The van der Waals surface area contributed by atoms with E-state index in [0.717, 1.165) is 26.1 Å². The van der Waals surface area contributed by atoms with Crippen LogP contribution in [0.2, 0.25) is 0 Å². The van der Waals surface area contributed by atoms with Gasteiger partial charge in [0.05, 0.1) is 11.5 Å². The van der Waals surface area contributed by atoms with Crippen molar-refractivity contribution in [2.45, 2.75) is 32.3 Å². The van der Waals surface area contributed by atoms with E-state index in [9.17, 15) is 4.79 Å². The molecule has 0 aromatic rings. The molecule has 2 aliphatic rings. The quantitative estimate of drug-likeness (QED) is 0.646. The van der Waals surface area contributed by atoms with Gasteiger partial charge < -0.3 is 9.47 Å². The van der Waals surface area contributed by atoms with Crippen LogP contribution in [0, 0.1) is 5.41 Å². The van der Waals surface area contributed by atoms with Crippen molar-refractivity contribution < 1.29 is 14.3 Å². The highest BCUT2D eigenvalue weighted by Gasteiger charge is 2.55. The highest BCUT2D eigenvalue weighted by molar-refractivity contribution is 5.92. The summed E-state index contributed by atoms with van der Waals surface area (Å²) in [5.41, 5.74) is -0.158. The van der Waals surface area contributed by atoms with Crippen molar-refractivity contribution in [3.05, 3.63) is 0 Å². The molecule has 13 heavy (non-hydrogen) atoms. The second kappa shape index (κ2) is 3.39. The van der Waals surface area contributed by atoms with E-state index < -0.39 is 0 Å². The van der Waals surface area contributed by atoms with Gasteiger partial charge in [-0.05, 0) is 19.8 Å². The molecule has 1 saturated carbocycles. The normalized spacial score (nSPS) is 31.8. The van der Waals surface area contributed by atoms with Gasteiger partial charge in [0, 0.05) is 26.2 Å². The van der Waals surface area contributed by atoms with Gasteiger partial charge in [0.25, 0.3) is 0 Å². The third-order valence-electron chi connectivity index (χ3n) is 3.30. The van der Waals surface area contributed by atoms with Crippen LogP contribution in [-0.4, -0.2) is 31.7 Å². The van der Waals surface area contributed by atoms with Crippen LogP contribution in [0.3, 0.4) is 0 Å². The third-order valence-corrected chi connectivity index (χ3v) is 3.30. The van der Waals surface area contributed by atoms with Gasteiger partial charge in [-0.3, -0.25) is 4.79 Å². The van der Waals surface area contributed by atoms with Gasteiger partial charge in [-0.15, -0.1) is 0 Å². The summed E-state index contributed by atoms with van der Waals surface area (Å²) in [5, 5.41) is 0. The second-order valence-corrected chi connectivity index (χ2v) is 3.84. The van der Waals surface area contributed by atoms with Gasteiger partial charge in [-0.1, -0.05) is 0 Å². The topological polar surface area (TPSA) is 35.5 Å². The molecule has 0 unspecified atom stereocenters. The average Bonchev–Trinajstić information content (AvgIpc) is 2.19. The van der Waals surface area contributed by atoms with Gasteiger partial charge in [-0.2, -0.15) is 0 Å². The van der Waals surface area contributed by atoms with E-state index in [1.54, 1.807) is 0 Å². The molecule has 0 bridgehead atoms. The summed E-state index contributed by atoms with van der Waals surface area (Å²) >= 11 is 0. The lowest BCUT2D eigenvalue weighted by molar-refractivity contribution is -0.176. The molecule has 3 nitrogen and oxygen atoms in total. The number of hydrogen-bond donors (Lipinski definition) is 0. The molecule has 1 saturated heterocycles. The fourth-order valence-corrected chi connectivity index (χ4v) is 2.37. The monoisotopic (exact) mass is 184 g/mol. The van der Waals surface area contributed by atoms with E-state index in [0.29, 0.717) is 18.8 Å². The van der Waals surface area contributed by atoms with Crippen molar-refractivity contribution in [1.82, 2.24) is 0 Å². The minimum absolute atomic E-state index is 0.158. The molecule has 0 radical (unpaired) electrons. The van der Waals surface area contributed by atoms with Gasteiger partial charge in [-0.25, -0.2) is 0 Å². The first kappa shape index (κ1) is 9.16. The highest BCUT2D eigenvalue weighted by Crippen LogP contribution is 2.47. The molecule has 1 aliphatic heterocycles. The zero-order chi connectivity index (χ0) is 9.31. The van der Waals surface area contributed by atoms with Crippen LogP contribution in [0.1, 0.15) is 26.2 Å². The molecule has 0 N–H and O–H groups in total. The zero-order valence-electron chi connectivity index (χ0n) is 8.04. The first-order valence-corrected chi connectivity index (χ1v) is 5.02. The van der Waals surface area contributed by atoms with E-state index in [-0.39, 0.29) is 11.5 Å². The molecule has 1 atom stereocenters. The Morgan fingerprint density at radius 2 is 2.23 bits per heavy atom. The van der Waals surface area contributed by atoms with Crippen LogP contribution in [-0.2, 0) is 14.3 Å². The Morgan fingerprint density at radius 3 is 2.77 bits per heavy atom. The smallest absolute Gasteiger partial charge is 0.144 e. The number of Topliss-reactive ketones (excluding diaryl/α,β-unsaturated/α-hetero) is 1. The first-order chi connectivity index (χ1) is 6.29. The molecular formula is C10H16O3. The van der Waals surface area contributed by atoms with Gasteiger partial charge >= 0.3 is 0 Å². The summed E-state index contributed by atoms with van der Waals surface area (Å²) in [6, 6.07) is 0.